The molecule has 3 atom stereocenters. The van der Waals surface area contributed by atoms with Crippen LogP contribution in [0.1, 0.15) is 46.5 Å². The van der Waals surface area contributed by atoms with Gasteiger partial charge in [0.15, 0.2) is 0 Å². The lowest BCUT2D eigenvalue weighted by Gasteiger charge is -2.27. The van der Waals surface area contributed by atoms with Crippen molar-refractivity contribution in [1.82, 2.24) is 5.32 Å². The summed E-state index contributed by atoms with van der Waals surface area (Å²) < 4.78 is 5.73. The molecule has 1 aromatic rings. The number of anilines is 1. The summed E-state index contributed by atoms with van der Waals surface area (Å²) in [6, 6.07) is 7.92. The third kappa shape index (κ3) is 4.74. The lowest BCUT2D eigenvalue weighted by atomic mass is 9.99. The van der Waals surface area contributed by atoms with Crippen LogP contribution in [0, 0.1) is 0 Å². The maximum absolute atomic E-state index is 12.2. The van der Waals surface area contributed by atoms with Gasteiger partial charge in [0, 0.05) is 11.7 Å². The number of carbonyl (C=O) groups is 1. The summed E-state index contributed by atoms with van der Waals surface area (Å²) in [7, 11) is 0. The minimum atomic E-state index is -0.0789. The summed E-state index contributed by atoms with van der Waals surface area (Å²) >= 11 is 0. The fraction of sp³-hybridized carbons (Fsp3) is 0.588. The summed E-state index contributed by atoms with van der Waals surface area (Å²) in [6.45, 7) is 6.27. The van der Waals surface area contributed by atoms with Crippen molar-refractivity contribution >= 4 is 11.6 Å². The maximum atomic E-state index is 12.2. The van der Waals surface area contributed by atoms with Crippen LogP contribution in [0.15, 0.2) is 24.3 Å². The molecule has 4 nitrogen and oxygen atoms in total. The molecule has 2 N–H and O–H groups in total. The summed E-state index contributed by atoms with van der Waals surface area (Å²) in [6.07, 6.45) is 4.34. The van der Waals surface area contributed by atoms with Gasteiger partial charge >= 0.3 is 0 Å². The second kappa shape index (κ2) is 7.46. The Morgan fingerprint density at radius 3 is 2.71 bits per heavy atom. The van der Waals surface area contributed by atoms with Gasteiger partial charge < -0.3 is 15.4 Å². The highest BCUT2D eigenvalue weighted by Crippen LogP contribution is 2.19. The molecule has 0 aromatic heterocycles. The van der Waals surface area contributed by atoms with E-state index < -0.39 is 0 Å². The van der Waals surface area contributed by atoms with E-state index in [2.05, 4.69) is 24.5 Å². The normalized spacial score (nSPS) is 23.4. The number of hydrogen-bond donors (Lipinski definition) is 2. The van der Waals surface area contributed by atoms with Gasteiger partial charge in [0.05, 0.1) is 12.1 Å². The summed E-state index contributed by atoms with van der Waals surface area (Å²) in [5.41, 5.74) is 0.816. The highest BCUT2D eigenvalue weighted by atomic mass is 16.5. The van der Waals surface area contributed by atoms with Gasteiger partial charge in [-0.25, -0.2) is 0 Å². The van der Waals surface area contributed by atoms with E-state index >= 15 is 0 Å². The molecule has 21 heavy (non-hydrogen) atoms. The van der Waals surface area contributed by atoms with Gasteiger partial charge in [0.25, 0.3) is 0 Å². The van der Waals surface area contributed by atoms with Crippen molar-refractivity contribution in [3.63, 3.8) is 0 Å². The molecular weight excluding hydrogens is 264 g/mol. The molecule has 0 saturated carbocycles. The molecule has 1 fully saturated rings. The highest BCUT2D eigenvalue weighted by molar-refractivity contribution is 5.94. The van der Waals surface area contributed by atoms with Crippen LogP contribution in [-0.2, 0) is 4.79 Å². The number of hydrogen-bond acceptors (Lipinski definition) is 3. The molecule has 3 unspecified atom stereocenters. The van der Waals surface area contributed by atoms with Crippen LogP contribution in [0.2, 0.25) is 0 Å². The van der Waals surface area contributed by atoms with Crippen LogP contribution < -0.4 is 15.4 Å². The van der Waals surface area contributed by atoms with Gasteiger partial charge in [-0.3, -0.25) is 4.79 Å². The number of piperidine rings is 1. The molecule has 1 aliphatic rings. The van der Waals surface area contributed by atoms with Gasteiger partial charge in [0.2, 0.25) is 5.91 Å². The number of benzene rings is 1. The van der Waals surface area contributed by atoms with E-state index in [0.717, 1.165) is 37.1 Å². The Hall–Kier alpha value is -1.55. The second-order valence-electron chi connectivity index (χ2n) is 5.90. The van der Waals surface area contributed by atoms with Crippen molar-refractivity contribution in [1.29, 1.82) is 0 Å². The van der Waals surface area contributed by atoms with Crippen molar-refractivity contribution in [3.05, 3.63) is 24.3 Å². The molecule has 0 aliphatic carbocycles. The fourth-order valence-corrected chi connectivity index (χ4v) is 2.51. The first-order valence-electron chi connectivity index (χ1n) is 7.92. The van der Waals surface area contributed by atoms with Crippen LogP contribution in [0.3, 0.4) is 0 Å². The minimum Gasteiger partial charge on any atom is -0.491 e. The first-order chi connectivity index (χ1) is 10.1. The Labute approximate surface area is 127 Å². The largest absolute Gasteiger partial charge is 0.491 e. The second-order valence-corrected chi connectivity index (χ2v) is 5.90. The van der Waals surface area contributed by atoms with Crippen LogP contribution in [-0.4, -0.2) is 24.1 Å². The zero-order valence-electron chi connectivity index (χ0n) is 13.2. The molecule has 1 heterocycles. The van der Waals surface area contributed by atoms with Gasteiger partial charge in [0.1, 0.15) is 5.75 Å². The number of amides is 1. The van der Waals surface area contributed by atoms with Crippen molar-refractivity contribution in [2.75, 3.05) is 5.32 Å². The fourth-order valence-electron chi connectivity index (χ4n) is 2.51. The molecule has 1 amide bonds. The van der Waals surface area contributed by atoms with Crippen LogP contribution in [0.25, 0.3) is 0 Å². The SMILES string of the molecule is CCC(C)Oc1ccc(NC(=O)C2CCCC(C)N2)cc1. The van der Waals surface area contributed by atoms with Crippen molar-refractivity contribution in [2.24, 2.45) is 0 Å². The van der Waals surface area contributed by atoms with E-state index in [1.807, 2.05) is 31.2 Å². The third-order valence-corrected chi connectivity index (χ3v) is 3.97. The number of ether oxygens (including phenoxy) is 1. The highest BCUT2D eigenvalue weighted by Gasteiger charge is 2.23. The quantitative estimate of drug-likeness (QED) is 0.874. The summed E-state index contributed by atoms with van der Waals surface area (Å²) in [4.78, 5) is 12.2. The first kappa shape index (κ1) is 15.8. The third-order valence-electron chi connectivity index (χ3n) is 3.97. The zero-order chi connectivity index (χ0) is 15.2. The molecule has 0 radical (unpaired) electrons. The molecule has 116 valence electrons. The van der Waals surface area contributed by atoms with Crippen molar-refractivity contribution < 1.29 is 9.53 Å². The summed E-state index contributed by atoms with van der Waals surface area (Å²) in [5.74, 6) is 0.893. The Morgan fingerprint density at radius 1 is 1.38 bits per heavy atom. The molecule has 1 saturated heterocycles. The summed E-state index contributed by atoms with van der Waals surface area (Å²) in [5, 5.41) is 6.31. The number of carbonyl (C=O) groups excluding carboxylic acids is 1. The molecule has 2 rings (SSSR count). The van der Waals surface area contributed by atoms with Crippen LogP contribution in [0.4, 0.5) is 5.69 Å². The maximum Gasteiger partial charge on any atom is 0.241 e. The van der Waals surface area contributed by atoms with E-state index in [-0.39, 0.29) is 18.1 Å². The molecular formula is C17H26N2O2. The Morgan fingerprint density at radius 2 is 2.10 bits per heavy atom. The van der Waals surface area contributed by atoms with Gasteiger partial charge in [-0.1, -0.05) is 6.92 Å². The molecule has 4 heteroatoms. The Balaban J connectivity index is 1.89. The van der Waals surface area contributed by atoms with Crippen molar-refractivity contribution in [2.45, 2.75) is 64.6 Å². The topological polar surface area (TPSA) is 50.4 Å². The van der Waals surface area contributed by atoms with E-state index in [0.29, 0.717) is 6.04 Å². The average Bonchev–Trinajstić information content (AvgIpc) is 2.49. The average molecular weight is 290 g/mol. The van der Waals surface area contributed by atoms with Gasteiger partial charge in [-0.15, -0.1) is 0 Å². The zero-order valence-corrected chi connectivity index (χ0v) is 13.2. The monoisotopic (exact) mass is 290 g/mol. The van der Waals surface area contributed by atoms with Gasteiger partial charge in [-0.2, -0.15) is 0 Å². The lowest BCUT2D eigenvalue weighted by molar-refractivity contribution is -0.118. The predicted molar refractivity (Wildman–Crippen MR) is 85.7 cm³/mol. The lowest BCUT2D eigenvalue weighted by Crippen LogP contribution is -2.47. The smallest absolute Gasteiger partial charge is 0.241 e. The molecule has 0 bridgehead atoms. The predicted octanol–water partition coefficient (Wildman–Crippen LogP) is 3.33. The van der Waals surface area contributed by atoms with E-state index in [4.69, 9.17) is 4.74 Å². The standard InChI is InChI=1S/C17H26N2O2/c1-4-13(3)21-15-10-8-14(9-11-15)19-17(20)16-7-5-6-12(2)18-16/h8-13,16,18H,4-7H2,1-3H3,(H,19,20). The Kier molecular flexibility index (Phi) is 5.62. The molecule has 0 spiro atoms. The van der Waals surface area contributed by atoms with Crippen molar-refractivity contribution in [3.8, 4) is 5.75 Å². The van der Waals surface area contributed by atoms with E-state index in [1.165, 1.54) is 0 Å². The van der Waals surface area contributed by atoms with Gasteiger partial charge in [-0.05, 0) is 63.8 Å². The van der Waals surface area contributed by atoms with E-state index in [9.17, 15) is 4.79 Å². The first-order valence-corrected chi connectivity index (χ1v) is 7.92. The number of nitrogens with one attached hydrogen (secondary N) is 2. The molecule has 1 aromatic carbocycles. The van der Waals surface area contributed by atoms with E-state index in [1.54, 1.807) is 0 Å². The van der Waals surface area contributed by atoms with Crippen LogP contribution in [0.5, 0.6) is 5.75 Å². The minimum absolute atomic E-state index is 0.0529. The number of rotatable bonds is 5. The Bertz CT molecular complexity index is 458. The van der Waals surface area contributed by atoms with Crippen LogP contribution >= 0.6 is 0 Å². The molecule has 1 aliphatic heterocycles.